The second kappa shape index (κ2) is 4.27. The monoisotopic (exact) mass is 224 g/mol. The summed E-state index contributed by atoms with van der Waals surface area (Å²) in [6.07, 6.45) is 0. The van der Waals surface area contributed by atoms with E-state index in [-0.39, 0.29) is 5.88 Å². The molecule has 15 heavy (non-hydrogen) atoms. The first kappa shape index (κ1) is 9.92. The molecule has 0 unspecified atom stereocenters. The average molecular weight is 225 g/mol. The van der Waals surface area contributed by atoms with Crippen LogP contribution in [0.15, 0.2) is 24.3 Å². The Hall–Kier alpha value is -1.62. The maximum Gasteiger partial charge on any atom is 0.171 e. The second-order valence-corrected chi connectivity index (χ2v) is 3.11. The summed E-state index contributed by atoms with van der Waals surface area (Å²) in [6, 6.07) is 7.45. The van der Waals surface area contributed by atoms with Gasteiger partial charge in [-0.05, 0) is 22.6 Å². The number of benzene rings is 1. The normalized spacial score (nSPS) is 10.3. The molecule has 0 bridgehead atoms. The van der Waals surface area contributed by atoms with Gasteiger partial charge in [-0.15, -0.1) is 16.7 Å². The Morgan fingerprint density at radius 2 is 2.33 bits per heavy atom. The lowest BCUT2D eigenvalue weighted by Gasteiger charge is -2.04. The average Bonchev–Trinajstić information content (AvgIpc) is 2.77. The SMILES string of the molecule is COc1cccc(-n2nnnc2CCl)c1. The van der Waals surface area contributed by atoms with E-state index in [0.717, 1.165) is 11.4 Å². The Bertz CT molecular complexity index is 457. The van der Waals surface area contributed by atoms with Crippen LogP contribution >= 0.6 is 11.6 Å². The van der Waals surface area contributed by atoms with Crippen LogP contribution in [0.3, 0.4) is 0 Å². The van der Waals surface area contributed by atoms with E-state index >= 15 is 0 Å². The summed E-state index contributed by atoms with van der Waals surface area (Å²) in [7, 11) is 1.61. The second-order valence-electron chi connectivity index (χ2n) is 2.84. The van der Waals surface area contributed by atoms with Gasteiger partial charge in [-0.1, -0.05) is 6.07 Å². The lowest BCUT2D eigenvalue weighted by molar-refractivity contribution is 0.414. The predicted octanol–water partition coefficient (Wildman–Crippen LogP) is 1.41. The summed E-state index contributed by atoms with van der Waals surface area (Å²) in [5.41, 5.74) is 0.829. The van der Waals surface area contributed by atoms with Crippen molar-refractivity contribution < 1.29 is 4.74 Å². The molecular formula is C9H9ClN4O. The number of hydrogen-bond acceptors (Lipinski definition) is 4. The summed E-state index contributed by atoms with van der Waals surface area (Å²) >= 11 is 5.70. The maximum absolute atomic E-state index is 5.70. The number of halogens is 1. The molecule has 1 aromatic carbocycles. The molecule has 2 rings (SSSR count). The number of alkyl halides is 1. The van der Waals surface area contributed by atoms with Gasteiger partial charge in [0.15, 0.2) is 5.82 Å². The lowest BCUT2D eigenvalue weighted by atomic mass is 10.3. The van der Waals surface area contributed by atoms with Crippen molar-refractivity contribution in [3.8, 4) is 11.4 Å². The Morgan fingerprint density at radius 1 is 1.47 bits per heavy atom. The smallest absolute Gasteiger partial charge is 0.171 e. The highest BCUT2D eigenvalue weighted by atomic mass is 35.5. The fourth-order valence-corrected chi connectivity index (χ4v) is 1.40. The minimum absolute atomic E-state index is 0.268. The molecular weight excluding hydrogens is 216 g/mol. The standard InChI is InChI=1S/C9H9ClN4O/c1-15-8-4-2-3-7(5-8)14-9(6-10)11-12-13-14/h2-5H,6H2,1H3. The van der Waals surface area contributed by atoms with Gasteiger partial charge in [-0.25, -0.2) is 0 Å². The number of tetrazole rings is 1. The maximum atomic E-state index is 5.70. The van der Waals surface area contributed by atoms with E-state index in [1.165, 1.54) is 0 Å². The summed E-state index contributed by atoms with van der Waals surface area (Å²) in [5, 5.41) is 11.2. The van der Waals surface area contributed by atoms with Gasteiger partial charge in [0.25, 0.3) is 0 Å². The van der Waals surface area contributed by atoms with Crippen molar-refractivity contribution in [1.82, 2.24) is 20.2 Å². The number of hydrogen-bond donors (Lipinski definition) is 0. The molecule has 1 aromatic heterocycles. The van der Waals surface area contributed by atoms with Crippen molar-refractivity contribution in [2.45, 2.75) is 5.88 Å². The van der Waals surface area contributed by atoms with Crippen molar-refractivity contribution in [3.05, 3.63) is 30.1 Å². The molecule has 0 aliphatic heterocycles. The van der Waals surface area contributed by atoms with Gasteiger partial charge < -0.3 is 4.74 Å². The fraction of sp³-hybridized carbons (Fsp3) is 0.222. The molecule has 2 aromatic rings. The first-order chi connectivity index (χ1) is 7.35. The molecule has 5 nitrogen and oxygen atoms in total. The van der Waals surface area contributed by atoms with Crippen LogP contribution in [0.5, 0.6) is 5.75 Å². The van der Waals surface area contributed by atoms with Crippen LogP contribution in [0.2, 0.25) is 0 Å². The molecule has 0 saturated carbocycles. The zero-order chi connectivity index (χ0) is 10.7. The first-order valence-electron chi connectivity index (χ1n) is 4.33. The Kier molecular flexibility index (Phi) is 2.82. The molecule has 0 fully saturated rings. The Morgan fingerprint density at radius 3 is 3.07 bits per heavy atom. The van der Waals surface area contributed by atoms with E-state index in [1.54, 1.807) is 11.8 Å². The minimum Gasteiger partial charge on any atom is -0.497 e. The topological polar surface area (TPSA) is 52.8 Å². The van der Waals surface area contributed by atoms with Crippen molar-refractivity contribution in [2.24, 2.45) is 0 Å². The molecule has 78 valence electrons. The molecule has 0 N–H and O–H groups in total. The molecule has 0 spiro atoms. The number of aromatic nitrogens is 4. The van der Waals surface area contributed by atoms with Crippen LogP contribution in [-0.2, 0) is 5.88 Å². The van der Waals surface area contributed by atoms with Gasteiger partial charge in [0.05, 0.1) is 18.7 Å². The number of methoxy groups -OCH3 is 1. The van der Waals surface area contributed by atoms with E-state index in [9.17, 15) is 0 Å². The van der Waals surface area contributed by atoms with E-state index < -0.39 is 0 Å². The number of rotatable bonds is 3. The molecule has 0 atom stereocenters. The highest BCUT2D eigenvalue weighted by molar-refractivity contribution is 6.16. The van der Waals surface area contributed by atoms with Gasteiger partial charge >= 0.3 is 0 Å². The van der Waals surface area contributed by atoms with E-state index in [2.05, 4.69) is 15.5 Å². The molecule has 6 heteroatoms. The molecule has 0 radical (unpaired) electrons. The van der Waals surface area contributed by atoms with Crippen molar-refractivity contribution >= 4 is 11.6 Å². The quantitative estimate of drug-likeness (QED) is 0.740. The lowest BCUT2D eigenvalue weighted by Crippen LogP contribution is -2.01. The molecule has 0 aliphatic rings. The van der Waals surface area contributed by atoms with Crippen LogP contribution in [-0.4, -0.2) is 27.3 Å². The number of nitrogens with zero attached hydrogens (tertiary/aromatic N) is 4. The third-order valence-corrected chi connectivity index (χ3v) is 2.19. The highest BCUT2D eigenvalue weighted by Crippen LogP contribution is 2.16. The minimum atomic E-state index is 0.268. The van der Waals surface area contributed by atoms with E-state index in [1.807, 2.05) is 24.3 Å². The first-order valence-corrected chi connectivity index (χ1v) is 4.86. The molecule has 0 amide bonds. The van der Waals surface area contributed by atoms with Crippen LogP contribution in [0.25, 0.3) is 5.69 Å². The van der Waals surface area contributed by atoms with E-state index in [4.69, 9.17) is 16.3 Å². The Balaban J connectivity index is 2.44. The van der Waals surface area contributed by atoms with Gasteiger partial charge in [0.2, 0.25) is 0 Å². The zero-order valence-electron chi connectivity index (χ0n) is 8.09. The van der Waals surface area contributed by atoms with E-state index in [0.29, 0.717) is 5.82 Å². The Labute approximate surface area is 91.6 Å². The third kappa shape index (κ3) is 1.92. The van der Waals surface area contributed by atoms with Crippen LogP contribution in [0.1, 0.15) is 5.82 Å². The van der Waals surface area contributed by atoms with Crippen molar-refractivity contribution in [1.29, 1.82) is 0 Å². The molecule has 1 heterocycles. The summed E-state index contributed by atoms with van der Waals surface area (Å²) in [4.78, 5) is 0. The zero-order valence-corrected chi connectivity index (χ0v) is 8.85. The van der Waals surface area contributed by atoms with Gasteiger partial charge in [0, 0.05) is 6.07 Å². The van der Waals surface area contributed by atoms with Gasteiger partial charge in [-0.3, -0.25) is 0 Å². The summed E-state index contributed by atoms with van der Waals surface area (Å²) < 4.78 is 6.69. The van der Waals surface area contributed by atoms with Crippen LogP contribution < -0.4 is 4.74 Å². The predicted molar refractivity (Wildman–Crippen MR) is 55.3 cm³/mol. The third-order valence-electron chi connectivity index (χ3n) is 1.95. The fourth-order valence-electron chi connectivity index (χ4n) is 1.23. The van der Waals surface area contributed by atoms with Crippen LogP contribution in [0.4, 0.5) is 0 Å². The summed E-state index contributed by atoms with van der Waals surface area (Å²) in [5.74, 6) is 1.62. The van der Waals surface area contributed by atoms with Crippen molar-refractivity contribution in [3.63, 3.8) is 0 Å². The largest absolute Gasteiger partial charge is 0.497 e. The van der Waals surface area contributed by atoms with Gasteiger partial charge in [0.1, 0.15) is 5.75 Å². The molecule has 0 saturated heterocycles. The van der Waals surface area contributed by atoms with Crippen LogP contribution in [0, 0.1) is 0 Å². The highest BCUT2D eigenvalue weighted by Gasteiger charge is 2.06. The summed E-state index contributed by atoms with van der Waals surface area (Å²) in [6.45, 7) is 0. The van der Waals surface area contributed by atoms with Gasteiger partial charge in [-0.2, -0.15) is 4.68 Å². The molecule has 0 aliphatic carbocycles. The number of ether oxygens (including phenoxy) is 1. The van der Waals surface area contributed by atoms with Crippen molar-refractivity contribution in [2.75, 3.05) is 7.11 Å².